The van der Waals surface area contributed by atoms with Gasteiger partial charge in [-0.2, -0.15) is 5.10 Å². The molecule has 1 unspecified atom stereocenters. The van der Waals surface area contributed by atoms with E-state index in [0.29, 0.717) is 17.4 Å². The molecule has 1 amide bonds. The van der Waals surface area contributed by atoms with Crippen LogP contribution in [0.25, 0.3) is 10.9 Å². The molecule has 4 rings (SSSR count). The Bertz CT molecular complexity index is 1000. The van der Waals surface area contributed by atoms with Crippen molar-refractivity contribution < 1.29 is 14.3 Å². The van der Waals surface area contributed by atoms with Crippen molar-refractivity contribution in [2.75, 3.05) is 18.1 Å². The van der Waals surface area contributed by atoms with Crippen LogP contribution in [-0.4, -0.2) is 40.5 Å². The zero-order valence-corrected chi connectivity index (χ0v) is 15.7. The van der Waals surface area contributed by atoms with Crippen molar-refractivity contribution in [3.63, 3.8) is 0 Å². The number of nitrogens with zero attached hydrogens (tertiary/aromatic N) is 2. The quantitative estimate of drug-likeness (QED) is 0.701. The molecule has 3 aromatic rings. The number of thioether (sulfide) groups is 1. The number of anilines is 1. The number of carbonyl (C=O) groups is 2. The van der Waals surface area contributed by atoms with Gasteiger partial charge in [-0.3, -0.25) is 9.89 Å². The summed E-state index contributed by atoms with van der Waals surface area (Å²) in [5.74, 6) is -0.737. The molecule has 0 fully saturated rings. The predicted octanol–water partition coefficient (Wildman–Crippen LogP) is 3.64. The maximum atomic E-state index is 12.8. The van der Waals surface area contributed by atoms with Crippen LogP contribution < -0.4 is 4.90 Å². The van der Waals surface area contributed by atoms with E-state index in [1.165, 1.54) is 0 Å². The second-order valence-electron chi connectivity index (χ2n) is 6.48. The number of benzene rings is 2. The van der Waals surface area contributed by atoms with Crippen molar-refractivity contribution >= 4 is 40.2 Å². The number of fused-ring (bicyclic) bond motifs is 2. The van der Waals surface area contributed by atoms with E-state index in [2.05, 4.69) is 17.1 Å². The summed E-state index contributed by atoms with van der Waals surface area (Å²) < 4.78 is 5.28. The Hall–Kier alpha value is -2.80. The van der Waals surface area contributed by atoms with E-state index < -0.39 is 5.97 Å². The van der Waals surface area contributed by atoms with Gasteiger partial charge >= 0.3 is 5.97 Å². The van der Waals surface area contributed by atoms with Crippen LogP contribution in [0.5, 0.6) is 0 Å². The van der Waals surface area contributed by atoms with Crippen LogP contribution in [-0.2, 0) is 9.53 Å². The number of carbonyl (C=O) groups excluding carboxylic acids is 2. The van der Waals surface area contributed by atoms with Crippen LogP contribution in [0.2, 0.25) is 0 Å². The molecule has 0 saturated heterocycles. The third-order valence-corrected chi connectivity index (χ3v) is 5.79. The number of aromatic nitrogens is 2. The van der Waals surface area contributed by atoms with E-state index in [1.807, 2.05) is 24.3 Å². The molecular formula is C20H19N3O3S. The summed E-state index contributed by atoms with van der Waals surface area (Å²) in [6.07, 6.45) is 2.57. The van der Waals surface area contributed by atoms with Crippen molar-refractivity contribution in [3.8, 4) is 0 Å². The molecule has 0 aliphatic carbocycles. The number of rotatable bonds is 3. The van der Waals surface area contributed by atoms with Crippen molar-refractivity contribution in [2.45, 2.75) is 23.5 Å². The number of H-pyrrole nitrogens is 1. The average Bonchev–Trinajstić information content (AvgIpc) is 3.08. The molecule has 0 spiro atoms. The Morgan fingerprint density at radius 3 is 3.04 bits per heavy atom. The van der Waals surface area contributed by atoms with Crippen LogP contribution in [0, 0.1) is 0 Å². The number of ether oxygens (including phenoxy) is 1. The van der Waals surface area contributed by atoms with Gasteiger partial charge in [0.15, 0.2) is 6.61 Å². The second-order valence-corrected chi connectivity index (χ2v) is 7.96. The van der Waals surface area contributed by atoms with E-state index >= 15 is 0 Å². The molecule has 0 bridgehead atoms. The van der Waals surface area contributed by atoms with Gasteiger partial charge < -0.3 is 9.64 Å². The van der Waals surface area contributed by atoms with Gasteiger partial charge in [0, 0.05) is 22.1 Å². The van der Waals surface area contributed by atoms with Gasteiger partial charge in [-0.25, -0.2) is 4.79 Å². The number of aromatic amines is 1. The fourth-order valence-electron chi connectivity index (χ4n) is 3.10. The molecule has 27 heavy (non-hydrogen) atoms. The highest BCUT2D eigenvalue weighted by Gasteiger charge is 2.25. The number of nitrogens with one attached hydrogen (secondary N) is 1. The number of para-hydroxylation sites is 1. The SMILES string of the molecule is CC1CCN(C(=O)COC(=O)c2ccc3cn[nH]c3c2)c2ccccc2S1. The molecule has 2 aromatic carbocycles. The summed E-state index contributed by atoms with van der Waals surface area (Å²) >= 11 is 1.77. The van der Waals surface area contributed by atoms with Crippen molar-refractivity contribution in [2.24, 2.45) is 0 Å². The topological polar surface area (TPSA) is 75.3 Å². The average molecular weight is 381 g/mol. The summed E-state index contributed by atoms with van der Waals surface area (Å²) in [6.45, 7) is 2.48. The highest BCUT2D eigenvalue weighted by Crippen LogP contribution is 2.37. The summed E-state index contributed by atoms with van der Waals surface area (Å²) in [7, 11) is 0. The smallest absolute Gasteiger partial charge is 0.338 e. The first kappa shape index (κ1) is 17.6. The Labute approximate surface area is 160 Å². The van der Waals surface area contributed by atoms with Gasteiger partial charge in [-0.15, -0.1) is 11.8 Å². The number of hydrogen-bond donors (Lipinski definition) is 1. The number of hydrogen-bond acceptors (Lipinski definition) is 5. The van der Waals surface area contributed by atoms with Gasteiger partial charge in [-0.05, 0) is 30.7 Å². The summed E-state index contributed by atoms with van der Waals surface area (Å²) in [5, 5.41) is 8.09. The molecule has 1 aromatic heterocycles. The molecule has 0 radical (unpaired) electrons. The molecule has 1 aliphatic rings. The van der Waals surface area contributed by atoms with E-state index in [0.717, 1.165) is 27.9 Å². The first-order valence-corrected chi connectivity index (χ1v) is 9.66. The van der Waals surface area contributed by atoms with Gasteiger partial charge in [0.25, 0.3) is 5.91 Å². The standard InChI is InChI=1S/C20H19N3O3S/c1-13-8-9-23(17-4-2-3-5-18(17)27-13)19(24)12-26-20(25)14-6-7-15-11-21-22-16(15)10-14/h2-7,10-11,13H,8-9,12H2,1H3,(H,21,22). The number of esters is 1. The zero-order valence-electron chi connectivity index (χ0n) is 14.8. The predicted molar refractivity (Wildman–Crippen MR) is 105 cm³/mol. The van der Waals surface area contributed by atoms with Crippen molar-refractivity contribution in [1.29, 1.82) is 0 Å². The van der Waals surface area contributed by atoms with E-state index in [4.69, 9.17) is 4.74 Å². The normalized spacial score (nSPS) is 16.6. The van der Waals surface area contributed by atoms with Crippen molar-refractivity contribution in [3.05, 3.63) is 54.2 Å². The molecule has 0 saturated carbocycles. The lowest BCUT2D eigenvalue weighted by Crippen LogP contribution is -2.35. The van der Waals surface area contributed by atoms with Gasteiger partial charge in [-0.1, -0.05) is 25.1 Å². The Kier molecular flexibility index (Phi) is 4.85. The van der Waals surface area contributed by atoms with Gasteiger partial charge in [0.05, 0.1) is 23.0 Å². The van der Waals surface area contributed by atoms with Gasteiger partial charge in [0.2, 0.25) is 0 Å². The maximum Gasteiger partial charge on any atom is 0.338 e. The highest BCUT2D eigenvalue weighted by molar-refractivity contribution is 8.00. The lowest BCUT2D eigenvalue weighted by molar-refractivity contribution is -0.121. The summed E-state index contributed by atoms with van der Waals surface area (Å²) in [6, 6.07) is 13.0. The van der Waals surface area contributed by atoms with E-state index in [1.54, 1.807) is 41.1 Å². The first-order valence-electron chi connectivity index (χ1n) is 8.78. The lowest BCUT2D eigenvalue weighted by Gasteiger charge is -2.22. The minimum absolute atomic E-state index is 0.215. The zero-order chi connectivity index (χ0) is 18.8. The third-order valence-electron chi connectivity index (χ3n) is 4.55. The first-order chi connectivity index (χ1) is 13.1. The lowest BCUT2D eigenvalue weighted by atomic mass is 10.2. The minimum atomic E-state index is -0.522. The Balaban J connectivity index is 1.46. The summed E-state index contributed by atoms with van der Waals surface area (Å²) in [5.41, 5.74) is 2.02. The van der Waals surface area contributed by atoms with Crippen LogP contribution in [0.1, 0.15) is 23.7 Å². The molecule has 2 heterocycles. The van der Waals surface area contributed by atoms with E-state index in [9.17, 15) is 9.59 Å². The summed E-state index contributed by atoms with van der Waals surface area (Å²) in [4.78, 5) is 27.9. The molecular weight excluding hydrogens is 362 g/mol. The number of amides is 1. The fourth-order valence-corrected chi connectivity index (χ4v) is 4.21. The maximum absolute atomic E-state index is 12.8. The van der Waals surface area contributed by atoms with E-state index in [-0.39, 0.29) is 12.5 Å². The van der Waals surface area contributed by atoms with Crippen LogP contribution >= 0.6 is 11.8 Å². The Morgan fingerprint density at radius 2 is 2.15 bits per heavy atom. The molecule has 138 valence electrons. The largest absolute Gasteiger partial charge is 0.452 e. The third kappa shape index (κ3) is 3.68. The van der Waals surface area contributed by atoms with Crippen molar-refractivity contribution in [1.82, 2.24) is 10.2 Å². The molecule has 1 aliphatic heterocycles. The Morgan fingerprint density at radius 1 is 1.30 bits per heavy atom. The van der Waals surface area contributed by atoms with Crippen LogP contribution in [0.3, 0.4) is 0 Å². The molecule has 1 atom stereocenters. The van der Waals surface area contributed by atoms with Gasteiger partial charge in [0.1, 0.15) is 0 Å². The molecule has 6 nitrogen and oxygen atoms in total. The highest BCUT2D eigenvalue weighted by atomic mass is 32.2. The molecule has 1 N–H and O–H groups in total. The second kappa shape index (κ2) is 7.44. The van der Waals surface area contributed by atoms with Crippen LogP contribution in [0.15, 0.2) is 53.6 Å². The minimum Gasteiger partial charge on any atom is -0.452 e. The monoisotopic (exact) mass is 381 g/mol. The molecule has 7 heteroatoms. The fraction of sp³-hybridized carbons (Fsp3) is 0.250. The van der Waals surface area contributed by atoms with Crippen LogP contribution in [0.4, 0.5) is 5.69 Å².